The number of aliphatic hydroxyl groups is 2. The molecule has 1 aromatic rings. The highest BCUT2D eigenvalue weighted by atomic mass is 32.2. The molecular formula is C14H21NO4S. The van der Waals surface area contributed by atoms with Gasteiger partial charge in [0.1, 0.15) is 5.60 Å². The summed E-state index contributed by atoms with van der Waals surface area (Å²) in [4.78, 5) is 0.166. The molecule has 20 heavy (non-hydrogen) atoms. The summed E-state index contributed by atoms with van der Waals surface area (Å²) in [6, 6.07) is 7.41. The molecule has 5 nitrogen and oxygen atoms in total. The largest absolute Gasteiger partial charge is 0.390 e. The molecule has 0 aliphatic heterocycles. The first-order valence-electron chi connectivity index (χ1n) is 6.88. The molecule has 0 unspecified atom stereocenters. The molecule has 2 rings (SSSR count). The van der Waals surface area contributed by atoms with Crippen molar-refractivity contribution in [2.75, 3.05) is 0 Å². The Bertz CT molecular complexity index is 546. The smallest absolute Gasteiger partial charge is 0.240 e. The van der Waals surface area contributed by atoms with Gasteiger partial charge in [-0.25, -0.2) is 13.1 Å². The quantitative estimate of drug-likeness (QED) is 0.732. The number of hydrogen-bond donors (Lipinski definition) is 3. The molecule has 1 aliphatic carbocycles. The van der Waals surface area contributed by atoms with E-state index in [2.05, 4.69) is 4.72 Å². The second kappa shape index (κ2) is 5.81. The predicted octanol–water partition coefficient (Wildman–Crippen LogP) is 1.02. The van der Waals surface area contributed by atoms with Gasteiger partial charge in [0.25, 0.3) is 0 Å². The summed E-state index contributed by atoms with van der Waals surface area (Å²) in [6.45, 7) is 1.98. The van der Waals surface area contributed by atoms with Crippen LogP contribution in [0.3, 0.4) is 0 Å². The minimum Gasteiger partial charge on any atom is -0.390 e. The molecule has 6 heteroatoms. The maximum absolute atomic E-state index is 12.2. The zero-order valence-corrected chi connectivity index (χ0v) is 12.3. The Morgan fingerprint density at radius 2 is 2.00 bits per heavy atom. The molecule has 1 aromatic carbocycles. The van der Waals surface area contributed by atoms with Crippen LogP contribution in [0.1, 0.15) is 32.6 Å². The lowest BCUT2D eigenvalue weighted by molar-refractivity contribution is -0.168. The molecule has 1 fully saturated rings. The van der Waals surface area contributed by atoms with Gasteiger partial charge in [-0.05, 0) is 25.0 Å². The number of aliphatic hydroxyl groups excluding tert-OH is 1. The van der Waals surface area contributed by atoms with Crippen molar-refractivity contribution >= 4 is 10.0 Å². The van der Waals surface area contributed by atoms with Crippen LogP contribution in [-0.4, -0.2) is 36.4 Å². The summed E-state index contributed by atoms with van der Waals surface area (Å²) in [5.41, 5.74) is -1.35. The Morgan fingerprint density at radius 3 is 2.55 bits per heavy atom. The first-order chi connectivity index (χ1) is 9.40. The number of sulfonamides is 1. The Hall–Kier alpha value is -0.950. The lowest BCUT2D eigenvalue weighted by Gasteiger charge is -2.49. The fourth-order valence-electron chi connectivity index (χ4n) is 2.51. The average molecular weight is 299 g/mol. The van der Waals surface area contributed by atoms with Gasteiger partial charge < -0.3 is 10.2 Å². The van der Waals surface area contributed by atoms with Crippen molar-refractivity contribution in [1.82, 2.24) is 4.72 Å². The van der Waals surface area contributed by atoms with Crippen LogP contribution in [0.2, 0.25) is 0 Å². The zero-order chi connectivity index (χ0) is 14.8. The number of unbranched alkanes of at least 4 members (excludes halogenated alkanes) is 1. The lowest BCUT2D eigenvalue weighted by Crippen LogP contribution is -2.69. The third kappa shape index (κ3) is 2.88. The maximum atomic E-state index is 12.2. The van der Waals surface area contributed by atoms with Gasteiger partial charge in [0, 0.05) is 0 Å². The van der Waals surface area contributed by atoms with Crippen molar-refractivity contribution < 1.29 is 18.6 Å². The second-order valence-electron chi connectivity index (χ2n) is 5.33. The van der Waals surface area contributed by atoms with Crippen molar-refractivity contribution in [2.45, 2.75) is 55.2 Å². The van der Waals surface area contributed by atoms with Gasteiger partial charge >= 0.3 is 0 Å². The third-order valence-corrected chi connectivity index (χ3v) is 5.41. The molecule has 3 N–H and O–H groups in total. The Kier molecular flexibility index (Phi) is 4.49. The van der Waals surface area contributed by atoms with Crippen molar-refractivity contribution in [3.05, 3.63) is 30.3 Å². The van der Waals surface area contributed by atoms with E-state index in [0.29, 0.717) is 6.42 Å². The molecule has 112 valence electrons. The minimum absolute atomic E-state index is 0.166. The van der Waals surface area contributed by atoms with E-state index in [1.54, 1.807) is 18.2 Å². The van der Waals surface area contributed by atoms with Gasteiger partial charge in [-0.3, -0.25) is 0 Å². The Labute approximate surface area is 119 Å². The highest BCUT2D eigenvalue weighted by molar-refractivity contribution is 7.89. The van der Waals surface area contributed by atoms with Gasteiger partial charge in [-0.15, -0.1) is 0 Å². The predicted molar refractivity (Wildman–Crippen MR) is 75.7 cm³/mol. The fourth-order valence-corrected chi connectivity index (χ4v) is 3.84. The van der Waals surface area contributed by atoms with Crippen molar-refractivity contribution in [3.8, 4) is 0 Å². The third-order valence-electron chi connectivity index (χ3n) is 3.92. The Balaban J connectivity index is 2.10. The van der Waals surface area contributed by atoms with Gasteiger partial charge in [-0.1, -0.05) is 38.0 Å². The fraction of sp³-hybridized carbons (Fsp3) is 0.571. The van der Waals surface area contributed by atoms with Crippen molar-refractivity contribution in [2.24, 2.45) is 0 Å². The van der Waals surface area contributed by atoms with E-state index in [1.165, 1.54) is 12.1 Å². The molecule has 0 heterocycles. The summed E-state index contributed by atoms with van der Waals surface area (Å²) in [5, 5.41) is 20.1. The first-order valence-corrected chi connectivity index (χ1v) is 8.36. The average Bonchev–Trinajstić information content (AvgIpc) is 2.45. The molecule has 0 aromatic heterocycles. The van der Waals surface area contributed by atoms with E-state index in [4.69, 9.17) is 0 Å². The van der Waals surface area contributed by atoms with Crippen LogP contribution in [0.4, 0.5) is 0 Å². The highest BCUT2D eigenvalue weighted by Gasteiger charge is 2.54. The van der Waals surface area contributed by atoms with E-state index in [0.717, 1.165) is 12.8 Å². The summed E-state index contributed by atoms with van der Waals surface area (Å²) in [5.74, 6) is 0. The van der Waals surface area contributed by atoms with E-state index in [1.807, 2.05) is 6.92 Å². The van der Waals surface area contributed by atoms with E-state index in [-0.39, 0.29) is 11.3 Å². The number of benzene rings is 1. The number of hydrogen-bond acceptors (Lipinski definition) is 4. The monoisotopic (exact) mass is 299 g/mol. The van der Waals surface area contributed by atoms with Crippen LogP contribution in [0.25, 0.3) is 0 Å². The molecule has 3 atom stereocenters. The molecule has 1 aliphatic rings. The topological polar surface area (TPSA) is 86.6 Å². The normalized spacial score (nSPS) is 29.9. The van der Waals surface area contributed by atoms with Crippen LogP contribution in [0.5, 0.6) is 0 Å². The van der Waals surface area contributed by atoms with Crippen molar-refractivity contribution in [3.63, 3.8) is 0 Å². The molecule has 0 radical (unpaired) electrons. The van der Waals surface area contributed by atoms with E-state index in [9.17, 15) is 18.6 Å². The molecule has 1 saturated carbocycles. The summed E-state index contributed by atoms with van der Waals surface area (Å²) >= 11 is 0. The van der Waals surface area contributed by atoms with Crippen LogP contribution >= 0.6 is 0 Å². The van der Waals surface area contributed by atoms with Crippen LogP contribution in [0.15, 0.2) is 35.2 Å². The molecule has 0 amide bonds. The summed E-state index contributed by atoms with van der Waals surface area (Å²) < 4.78 is 26.9. The second-order valence-corrected chi connectivity index (χ2v) is 7.05. The molecule has 0 bridgehead atoms. The van der Waals surface area contributed by atoms with Crippen molar-refractivity contribution in [1.29, 1.82) is 0 Å². The zero-order valence-electron chi connectivity index (χ0n) is 11.5. The van der Waals surface area contributed by atoms with E-state index >= 15 is 0 Å². The Morgan fingerprint density at radius 1 is 1.35 bits per heavy atom. The highest BCUT2D eigenvalue weighted by Crippen LogP contribution is 2.37. The summed E-state index contributed by atoms with van der Waals surface area (Å²) in [7, 11) is -3.66. The van der Waals surface area contributed by atoms with Gasteiger partial charge in [0.15, 0.2) is 0 Å². The lowest BCUT2D eigenvalue weighted by atomic mass is 9.69. The molecule has 0 spiro atoms. The van der Waals surface area contributed by atoms with E-state index < -0.39 is 27.8 Å². The van der Waals surface area contributed by atoms with Crippen LogP contribution in [-0.2, 0) is 10.0 Å². The maximum Gasteiger partial charge on any atom is 0.240 e. The molecular weight excluding hydrogens is 278 g/mol. The SMILES string of the molecule is CCCC[C@@]1(O)[C@@H](NS(=O)(=O)c2ccccc2)C[C@@H]1O. The van der Waals surface area contributed by atoms with Crippen LogP contribution < -0.4 is 4.72 Å². The summed E-state index contributed by atoms with van der Waals surface area (Å²) in [6.07, 6.45) is 1.40. The number of nitrogens with one attached hydrogen (secondary N) is 1. The van der Waals surface area contributed by atoms with Crippen LogP contribution in [0, 0.1) is 0 Å². The van der Waals surface area contributed by atoms with Gasteiger partial charge in [0.2, 0.25) is 10.0 Å². The standard InChI is InChI=1S/C14H21NO4S/c1-2-3-9-14(17)12(10-13(14)16)15-20(18,19)11-7-5-4-6-8-11/h4-8,12-13,15-17H,2-3,9-10H2,1H3/t12-,13-,14+/m0/s1. The van der Waals surface area contributed by atoms with Gasteiger partial charge in [-0.2, -0.15) is 0 Å². The number of rotatable bonds is 6. The molecule has 0 saturated heterocycles. The van der Waals surface area contributed by atoms with Gasteiger partial charge in [0.05, 0.1) is 17.0 Å². The first kappa shape index (κ1) is 15.4. The minimum atomic E-state index is -3.66.